The number of hydrogen-bond acceptors (Lipinski definition) is 3. The topological polar surface area (TPSA) is 58.2 Å². The predicted molar refractivity (Wildman–Crippen MR) is 116 cm³/mol. The third-order valence-electron chi connectivity index (χ3n) is 4.36. The number of nitrogens with one attached hydrogen (secondary N) is 2. The molecular weight excluding hydrogens is 368 g/mol. The minimum atomic E-state index is -0.161. The molecule has 4 nitrogen and oxygen atoms in total. The summed E-state index contributed by atoms with van der Waals surface area (Å²) in [6.45, 7) is 0.600. The van der Waals surface area contributed by atoms with Crippen LogP contribution in [0.5, 0.6) is 0 Å². The molecule has 0 unspecified atom stereocenters. The molecule has 3 aromatic carbocycles. The van der Waals surface area contributed by atoms with Gasteiger partial charge in [-0.25, -0.2) is 0 Å². The van der Waals surface area contributed by atoms with Gasteiger partial charge in [-0.15, -0.1) is 0 Å². The first-order valence-electron chi connectivity index (χ1n) is 9.34. The van der Waals surface area contributed by atoms with Gasteiger partial charge in [0.25, 0.3) is 0 Å². The molecule has 144 valence electrons. The molecule has 0 heterocycles. The summed E-state index contributed by atoms with van der Waals surface area (Å²) in [6.07, 6.45) is 0.265. The van der Waals surface area contributed by atoms with Crippen LogP contribution in [0, 0.1) is 0 Å². The molecule has 0 fully saturated rings. The van der Waals surface area contributed by atoms with Crippen molar-refractivity contribution >= 4 is 34.3 Å². The van der Waals surface area contributed by atoms with Crippen LogP contribution >= 0.6 is 11.8 Å². The van der Waals surface area contributed by atoms with Gasteiger partial charge in [-0.05, 0) is 21.9 Å². The Bertz CT molecular complexity index is 923. The van der Waals surface area contributed by atoms with E-state index in [9.17, 15) is 9.59 Å². The SMILES string of the molecule is O=C(CNC(=O)Cc1cccc2ccccc12)NCCSCc1ccccc1. The van der Waals surface area contributed by atoms with E-state index in [-0.39, 0.29) is 24.8 Å². The Morgan fingerprint density at radius 1 is 0.786 bits per heavy atom. The van der Waals surface area contributed by atoms with Crippen LogP contribution in [0.15, 0.2) is 72.8 Å². The number of fused-ring (bicyclic) bond motifs is 1. The smallest absolute Gasteiger partial charge is 0.239 e. The third kappa shape index (κ3) is 6.13. The Kier molecular flexibility index (Phi) is 7.50. The van der Waals surface area contributed by atoms with Crippen LogP contribution < -0.4 is 10.6 Å². The van der Waals surface area contributed by atoms with Crippen molar-refractivity contribution in [2.45, 2.75) is 12.2 Å². The van der Waals surface area contributed by atoms with Gasteiger partial charge in [0.2, 0.25) is 11.8 Å². The van der Waals surface area contributed by atoms with Gasteiger partial charge >= 0.3 is 0 Å². The van der Waals surface area contributed by atoms with Crippen LogP contribution in [0.25, 0.3) is 10.8 Å². The summed E-state index contributed by atoms with van der Waals surface area (Å²) in [7, 11) is 0. The Labute approximate surface area is 169 Å². The molecule has 3 rings (SSSR count). The fourth-order valence-corrected chi connectivity index (χ4v) is 3.77. The highest BCUT2D eigenvalue weighted by Gasteiger charge is 2.08. The fourth-order valence-electron chi connectivity index (χ4n) is 2.95. The lowest BCUT2D eigenvalue weighted by Gasteiger charge is -2.09. The molecule has 0 aliphatic heterocycles. The average Bonchev–Trinajstić information content (AvgIpc) is 2.73. The molecule has 3 aromatic rings. The maximum absolute atomic E-state index is 12.2. The lowest BCUT2D eigenvalue weighted by molar-refractivity contribution is -0.125. The molecule has 0 saturated carbocycles. The predicted octanol–water partition coefficient (Wildman–Crippen LogP) is 3.55. The highest BCUT2D eigenvalue weighted by Crippen LogP contribution is 2.18. The molecular formula is C23H24N2O2S. The van der Waals surface area contributed by atoms with Gasteiger partial charge < -0.3 is 10.6 Å². The minimum Gasteiger partial charge on any atom is -0.354 e. The van der Waals surface area contributed by atoms with Crippen molar-refractivity contribution in [3.8, 4) is 0 Å². The largest absolute Gasteiger partial charge is 0.354 e. The second-order valence-electron chi connectivity index (χ2n) is 6.48. The first-order chi connectivity index (χ1) is 13.7. The summed E-state index contributed by atoms with van der Waals surface area (Å²) in [5.41, 5.74) is 2.24. The van der Waals surface area contributed by atoms with E-state index in [1.165, 1.54) is 5.56 Å². The van der Waals surface area contributed by atoms with Crippen LogP contribution in [0.3, 0.4) is 0 Å². The number of carbonyl (C=O) groups excluding carboxylic acids is 2. The summed E-state index contributed by atoms with van der Waals surface area (Å²) in [6, 6.07) is 24.2. The molecule has 0 aromatic heterocycles. The Balaban J connectivity index is 1.34. The van der Waals surface area contributed by atoms with E-state index in [2.05, 4.69) is 22.8 Å². The van der Waals surface area contributed by atoms with Crippen molar-refractivity contribution in [2.24, 2.45) is 0 Å². The first kappa shape index (κ1) is 20.0. The molecule has 2 amide bonds. The number of rotatable bonds is 9. The van der Waals surface area contributed by atoms with Crippen LogP contribution in [0.2, 0.25) is 0 Å². The Morgan fingerprint density at radius 2 is 1.54 bits per heavy atom. The number of carbonyl (C=O) groups is 2. The molecule has 0 radical (unpaired) electrons. The van der Waals surface area contributed by atoms with Crippen LogP contribution in [0.4, 0.5) is 0 Å². The highest BCUT2D eigenvalue weighted by atomic mass is 32.2. The van der Waals surface area contributed by atoms with Gasteiger partial charge in [0, 0.05) is 18.1 Å². The average molecular weight is 393 g/mol. The van der Waals surface area contributed by atoms with Crippen molar-refractivity contribution in [1.29, 1.82) is 0 Å². The number of benzene rings is 3. The fraction of sp³-hybridized carbons (Fsp3) is 0.217. The molecule has 0 spiro atoms. The van der Waals surface area contributed by atoms with E-state index < -0.39 is 0 Å². The van der Waals surface area contributed by atoms with Gasteiger partial charge in [-0.2, -0.15) is 11.8 Å². The number of hydrogen-bond donors (Lipinski definition) is 2. The van der Waals surface area contributed by atoms with E-state index in [0.717, 1.165) is 27.8 Å². The van der Waals surface area contributed by atoms with Crippen LogP contribution in [-0.2, 0) is 21.8 Å². The summed E-state index contributed by atoms with van der Waals surface area (Å²) >= 11 is 1.77. The number of amides is 2. The highest BCUT2D eigenvalue weighted by molar-refractivity contribution is 7.98. The van der Waals surface area contributed by atoms with Crippen molar-refractivity contribution in [3.63, 3.8) is 0 Å². The molecule has 0 bridgehead atoms. The Morgan fingerprint density at radius 3 is 2.39 bits per heavy atom. The molecule has 28 heavy (non-hydrogen) atoms. The maximum Gasteiger partial charge on any atom is 0.239 e. The van der Waals surface area contributed by atoms with Crippen molar-refractivity contribution < 1.29 is 9.59 Å². The lowest BCUT2D eigenvalue weighted by atomic mass is 10.0. The van der Waals surface area contributed by atoms with E-state index in [1.807, 2.05) is 60.7 Å². The van der Waals surface area contributed by atoms with Gasteiger partial charge in [-0.3, -0.25) is 9.59 Å². The quantitative estimate of drug-likeness (QED) is 0.548. The molecule has 0 aliphatic rings. The molecule has 2 N–H and O–H groups in total. The zero-order chi connectivity index (χ0) is 19.6. The van der Waals surface area contributed by atoms with Crippen molar-refractivity contribution in [1.82, 2.24) is 10.6 Å². The standard InChI is InChI=1S/C23H24N2O2S/c26-22(15-20-11-6-10-19-9-4-5-12-21(19)20)25-16-23(27)24-13-14-28-17-18-7-2-1-3-8-18/h1-12H,13-17H2,(H,24,27)(H,25,26). The van der Waals surface area contributed by atoms with Crippen LogP contribution in [-0.4, -0.2) is 30.7 Å². The van der Waals surface area contributed by atoms with E-state index >= 15 is 0 Å². The lowest BCUT2D eigenvalue weighted by Crippen LogP contribution is -2.38. The van der Waals surface area contributed by atoms with Crippen LogP contribution in [0.1, 0.15) is 11.1 Å². The van der Waals surface area contributed by atoms with E-state index in [1.54, 1.807) is 11.8 Å². The monoisotopic (exact) mass is 392 g/mol. The Hall–Kier alpha value is -2.79. The molecule has 0 aliphatic carbocycles. The summed E-state index contributed by atoms with van der Waals surface area (Å²) in [5.74, 6) is 1.46. The van der Waals surface area contributed by atoms with Gasteiger partial charge in [-0.1, -0.05) is 72.8 Å². The number of thioether (sulfide) groups is 1. The normalized spacial score (nSPS) is 10.6. The van der Waals surface area contributed by atoms with Crippen molar-refractivity contribution in [2.75, 3.05) is 18.8 Å². The zero-order valence-corrected chi connectivity index (χ0v) is 16.5. The third-order valence-corrected chi connectivity index (χ3v) is 5.39. The summed E-state index contributed by atoms with van der Waals surface area (Å²) in [5, 5.41) is 7.73. The second kappa shape index (κ2) is 10.5. The second-order valence-corrected chi connectivity index (χ2v) is 7.59. The molecule has 0 saturated heterocycles. The zero-order valence-electron chi connectivity index (χ0n) is 15.7. The van der Waals surface area contributed by atoms with Crippen molar-refractivity contribution in [3.05, 3.63) is 83.9 Å². The summed E-state index contributed by atoms with van der Waals surface area (Å²) in [4.78, 5) is 24.1. The van der Waals surface area contributed by atoms with Gasteiger partial charge in [0.15, 0.2) is 0 Å². The van der Waals surface area contributed by atoms with E-state index in [0.29, 0.717) is 6.54 Å². The summed E-state index contributed by atoms with van der Waals surface area (Å²) < 4.78 is 0. The minimum absolute atomic E-state index is 0.00690. The van der Waals surface area contributed by atoms with Gasteiger partial charge in [0.05, 0.1) is 13.0 Å². The molecule has 5 heteroatoms. The van der Waals surface area contributed by atoms with E-state index in [4.69, 9.17) is 0 Å². The van der Waals surface area contributed by atoms with Gasteiger partial charge in [0.1, 0.15) is 0 Å². The first-order valence-corrected chi connectivity index (χ1v) is 10.5. The molecule has 0 atom stereocenters. The maximum atomic E-state index is 12.2.